The van der Waals surface area contributed by atoms with E-state index in [2.05, 4.69) is 33.4 Å². The molecule has 0 amide bonds. The third-order valence-electron chi connectivity index (χ3n) is 2.99. The highest BCUT2D eigenvalue weighted by Gasteiger charge is 2.21. The van der Waals surface area contributed by atoms with E-state index in [-0.39, 0.29) is 0 Å². The minimum absolute atomic E-state index is 0.480. The standard InChI is InChI=1S/C13H17FN4/c1-10-9-17(3)6-7-18(10)13(15-2)11-4-5-12(14)16-8-11/h4-5,8H,1,6-7,9H2,2-3H3. The number of hydrogen-bond acceptors (Lipinski definition) is 3. The molecule has 1 aromatic heterocycles. The van der Waals surface area contributed by atoms with Gasteiger partial charge < -0.3 is 4.90 Å². The van der Waals surface area contributed by atoms with Crippen LogP contribution in [0.4, 0.5) is 4.39 Å². The van der Waals surface area contributed by atoms with Gasteiger partial charge in [0.2, 0.25) is 5.95 Å². The zero-order valence-electron chi connectivity index (χ0n) is 10.7. The smallest absolute Gasteiger partial charge is 0.212 e. The number of pyridine rings is 1. The Morgan fingerprint density at radius 2 is 2.22 bits per heavy atom. The average Bonchev–Trinajstić information content (AvgIpc) is 2.35. The number of nitrogens with zero attached hydrogens (tertiary/aromatic N) is 4. The molecule has 0 unspecified atom stereocenters. The van der Waals surface area contributed by atoms with Gasteiger partial charge in [-0.15, -0.1) is 0 Å². The lowest BCUT2D eigenvalue weighted by atomic mass is 10.2. The molecule has 18 heavy (non-hydrogen) atoms. The van der Waals surface area contributed by atoms with Gasteiger partial charge >= 0.3 is 0 Å². The molecule has 0 atom stereocenters. The molecule has 2 rings (SSSR count). The summed E-state index contributed by atoms with van der Waals surface area (Å²) in [6, 6.07) is 3.04. The molecule has 0 aromatic carbocycles. The van der Waals surface area contributed by atoms with Gasteiger partial charge in [-0.05, 0) is 19.2 Å². The molecule has 0 radical (unpaired) electrons. The predicted octanol–water partition coefficient (Wildman–Crippen LogP) is 1.36. The van der Waals surface area contributed by atoms with Crippen LogP contribution in [0, 0.1) is 5.95 Å². The molecule has 0 aliphatic carbocycles. The van der Waals surface area contributed by atoms with Crippen LogP contribution in [0.1, 0.15) is 5.56 Å². The molecule has 5 heteroatoms. The first-order chi connectivity index (χ1) is 8.61. The average molecular weight is 248 g/mol. The van der Waals surface area contributed by atoms with Crippen LogP contribution in [0.2, 0.25) is 0 Å². The normalized spacial score (nSPS) is 18.3. The summed E-state index contributed by atoms with van der Waals surface area (Å²) >= 11 is 0. The summed E-state index contributed by atoms with van der Waals surface area (Å²) in [6.45, 7) is 6.66. The summed E-state index contributed by atoms with van der Waals surface area (Å²) in [4.78, 5) is 12.2. The molecule has 4 nitrogen and oxygen atoms in total. The molecule has 1 aliphatic heterocycles. The van der Waals surface area contributed by atoms with Crippen LogP contribution in [0.15, 0.2) is 35.6 Å². The Balaban J connectivity index is 2.24. The predicted molar refractivity (Wildman–Crippen MR) is 70.0 cm³/mol. The van der Waals surface area contributed by atoms with Crippen LogP contribution in [-0.4, -0.2) is 54.3 Å². The number of piperazine rings is 1. The fraction of sp³-hybridized carbons (Fsp3) is 0.385. The van der Waals surface area contributed by atoms with E-state index in [1.807, 2.05) is 0 Å². The number of likely N-dealkylation sites (N-methyl/N-ethyl adjacent to an activating group) is 1. The Kier molecular flexibility index (Phi) is 3.72. The van der Waals surface area contributed by atoms with Crippen molar-refractivity contribution in [3.8, 4) is 0 Å². The first-order valence-corrected chi connectivity index (χ1v) is 5.84. The van der Waals surface area contributed by atoms with Crippen molar-refractivity contribution in [1.29, 1.82) is 0 Å². The van der Waals surface area contributed by atoms with E-state index < -0.39 is 5.95 Å². The van der Waals surface area contributed by atoms with Gasteiger partial charge in [-0.25, -0.2) is 4.98 Å². The van der Waals surface area contributed by atoms with Gasteiger partial charge in [0.15, 0.2) is 0 Å². The molecule has 0 bridgehead atoms. The van der Waals surface area contributed by atoms with Gasteiger partial charge in [-0.2, -0.15) is 4.39 Å². The Bertz CT molecular complexity index is 466. The summed E-state index contributed by atoms with van der Waals surface area (Å²) in [7, 11) is 3.79. The highest BCUT2D eigenvalue weighted by atomic mass is 19.1. The summed E-state index contributed by atoms with van der Waals surface area (Å²) in [6.07, 6.45) is 1.50. The van der Waals surface area contributed by atoms with Gasteiger partial charge in [-0.1, -0.05) is 6.58 Å². The van der Waals surface area contributed by atoms with Gasteiger partial charge in [0, 0.05) is 44.1 Å². The maximum Gasteiger partial charge on any atom is 0.212 e. The number of rotatable bonds is 1. The summed E-state index contributed by atoms with van der Waals surface area (Å²) < 4.78 is 12.8. The first-order valence-electron chi connectivity index (χ1n) is 5.84. The maximum absolute atomic E-state index is 12.8. The minimum Gasteiger partial charge on any atom is -0.328 e. The molecular weight excluding hydrogens is 231 g/mol. The van der Waals surface area contributed by atoms with Crippen molar-refractivity contribution in [3.63, 3.8) is 0 Å². The topological polar surface area (TPSA) is 31.7 Å². The second kappa shape index (κ2) is 5.27. The Hall–Kier alpha value is -1.75. The van der Waals surface area contributed by atoms with Crippen molar-refractivity contribution in [3.05, 3.63) is 42.1 Å². The van der Waals surface area contributed by atoms with E-state index in [1.165, 1.54) is 12.3 Å². The van der Waals surface area contributed by atoms with Crippen molar-refractivity contribution in [1.82, 2.24) is 14.8 Å². The third-order valence-corrected chi connectivity index (χ3v) is 2.99. The van der Waals surface area contributed by atoms with Crippen LogP contribution in [0.3, 0.4) is 0 Å². The van der Waals surface area contributed by atoms with E-state index in [4.69, 9.17) is 0 Å². The van der Waals surface area contributed by atoms with Crippen LogP contribution in [0.25, 0.3) is 0 Å². The molecule has 0 N–H and O–H groups in total. The molecule has 96 valence electrons. The van der Waals surface area contributed by atoms with E-state index in [0.29, 0.717) is 0 Å². The maximum atomic E-state index is 12.8. The summed E-state index contributed by atoms with van der Waals surface area (Å²) in [5.41, 5.74) is 1.80. The summed E-state index contributed by atoms with van der Waals surface area (Å²) in [5, 5.41) is 0. The van der Waals surface area contributed by atoms with E-state index in [1.54, 1.807) is 13.1 Å². The van der Waals surface area contributed by atoms with E-state index in [9.17, 15) is 4.39 Å². The SMILES string of the molecule is C=C1CN(C)CCN1C(=NC)c1ccc(F)nc1. The Morgan fingerprint density at radius 1 is 1.44 bits per heavy atom. The number of amidine groups is 1. The second-order valence-electron chi connectivity index (χ2n) is 4.37. The number of hydrogen-bond donors (Lipinski definition) is 0. The lowest BCUT2D eigenvalue weighted by molar-refractivity contribution is 0.261. The third kappa shape index (κ3) is 2.56. The zero-order chi connectivity index (χ0) is 13.1. The molecule has 1 saturated heterocycles. The van der Waals surface area contributed by atoms with Crippen LogP contribution >= 0.6 is 0 Å². The van der Waals surface area contributed by atoms with Gasteiger partial charge in [0.25, 0.3) is 0 Å². The number of halogens is 1. The quantitative estimate of drug-likeness (QED) is 0.427. The van der Waals surface area contributed by atoms with Crippen LogP contribution in [-0.2, 0) is 0 Å². The summed E-state index contributed by atoms with van der Waals surface area (Å²) in [5.74, 6) is 0.312. The Morgan fingerprint density at radius 3 is 2.78 bits per heavy atom. The van der Waals surface area contributed by atoms with Gasteiger partial charge in [0.05, 0.1) is 0 Å². The lowest BCUT2D eigenvalue weighted by Gasteiger charge is -2.36. The highest BCUT2D eigenvalue weighted by Crippen LogP contribution is 2.15. The van der Waals surface area contributed by atoms with Crippen molar-refractivity contribution < 1.29 is 4.39 Å². The first kappa shape index (κ1) is 12.7. The molecule has 1 aliphatic rings. The van der Waals surface area contributed by atoms with Crippen molar-refractivity contribution in [2.45, 2.75) is 0 Å². The fourth-order valence-electron chi connectivity index (χ4n) is 2.07. The largest absolute Gasteiger partial charge is 0.328 e. The highest BCUT2D eigenvalue weighted by molar-refractivity contribution is 5.99. The van der Waals surface area contributed by atoms with Crippen LogP contribution in [0.5, 0.6) is 0 Å². The van der Waals surface area contributed by atoms with Crippen LogP contribution < -0.4 is 0 Å². The second-order valence-corrected chi connectivity index (χ2v) is 4.37. The minimum atomic E-state index is -0.480. The van der Waals surface area contributed by atoms with Gasteiger partial charge in [0.1, 0.15) is 5.84 Å². The number of aromatic nitrogens is 1. The van der Waals surface area contributed by atoms with Crippen molar-refractivity contribution >= 4 is 5.84 Å². The van der Waals surface area contributed by atoms with Crippen molar-refractivity contribution in [2.24, 2.45) is 4.99 Å². The molecule has 1 fully saturated rings. The molecule has 2 heterocycles. The number of aliphatic imine (C=N–C) groups is 1. The van der Waals surface area contributed by atoms with Gasteiger partial charge in [-0.3, -0.25) is 9.89 Å². The van der Waals surface area contributed by atoms with E-state index >= 15 is 0 Å². The monoisotopic (exact) mass is 248 g/mol. The lowest BCUT2D eigenvalue weighted by Crippen LogP contribution is -2.45. The molecule has 1 aromatic rings. The molecule has 0 spiro atoms. The molecular formula is C13H17FN4. The molecule has 0 saturated carbocycles. The van der Waals surface area contributed by atoms with E-state index in [0.717, 1.165) is 36.7 Å². The zero-order valence-corrected chi connectivity index (χ0v) is 10.7. The Labute approximate surface area is 106 Å². The fourth-order valence-corrected chi connectivity index (χ4v) is 2.07. The van der Waals surface area contributed by atoms with Crippen molar-refractivity contribution in [2.75, 3.05) is 33.7 Å².